The number of hydrogen-bond donors (Lipinski definition) is 2. The van der Waals surface area contributed by atoms with Gasteiger partial charge in [0.25, 0.3) is 0 Å². The van der Waals surface area contributed by atoms with Crippen molar-refractivity contribution >= 4 is 23.4 Å². The van der Waals surface area contributed by atoms with Crippen molar-refractivity contribution in [2.45, 2.75) is 32.2 Å². The Morgan fingerprint density at radius 1 is 1.50 bits per heavy atom. The predicted octanol–water partition coefficient (Wildman–Crippen LogP) is 3.44. The molecule has 0 bridgehead atoms. The van der Waals surface area contributed by atoms with Gasteiger partial charge in [-0.15, -0.1) is 11.3 Å². The first-order valence-electron chi connectivity index (χ1n) is 7.39. The Morgan fingerprint density at radius 3 is 3.09 bits per heavy atom. The van der Waals surface area contributed by atoms with Crippen LogP contribution in [0.3, 0.4) is 0 Å². The van der Waals surface area contributed by atoms with Crippen molar-refractivity contribution < 1.29 is 4.79 Å². The van der Waals surface area contributed by atoms with E-state index in [1.165, 1.54) is 21.6 Å². The lowest BCUT2D eigenvalue weighted by atomic mass is 9.94. The molecule has 2 amide bonds. The zero-order chi connectivity index (χ0) is 15.5. The second-order valence-corrected chi connectivity index (χ2v) is 6.72. The fourth-order valence-electron chi connectivity index (χ4n) is 2.74. The molecule has 3 N–H and O–H groups in total. The number of nitrogens with one attached hydrogen (secondary N) is 1. The number of allylic oxidation sites excluding steroid dienone is 1. The number of aryl methyl sites for hydroxylation is 1. The number of aromatic nitrogens is 1. The van der Waals surface area contributed by atoms with Crippen molar-refractivity contribution in [1.82, 2.24) is 10.3 Å². The summed E-state index contributed by atoms with van der Waals surface area (Å²) < 4.78 is 0. The molecule has 5 heteroatoms. The summed E-state index contributed by atoms with van der Waals surface area (Å²) in [7, 11) is 0. The van der Waals surface area contributed by atoms with Crippen LogP contribution in [-0.4, -0.2) is 11.0 Å². The van der Waals surface area contributed by atoms with E-state index in [-0.39, 0.29) is 6.04 Å². The minimum atomic E-state index is -0.480. The van der Waals surface area contributed by atoms with Crippen LogP contribution in [0.25, 0.3) is 6.08 Å². The summed E-state index contributed by atoms with van der Waals surface area (Å²) >= 11 is 1.74. The van der Waals surface area contributed by atoms with Crippen molar-refractivity contribution in [2.24, 2.45) is 5.73 Å². The lowest BCUT2D eigenvalue weighted by Gasteiger charge is -2.13. The molecule has 1 aliphatic carbocycles. The van der Waals surface area contributed by atoms with Gasteiger partial charge in [0.05, 0.1) is 6.04 Å². The number of hydrogen-bond acceptors (Lipinski definition) is 3. The van der Waals surface area contributed by atoms with Crippen molar-refractivity contribution in [3.8, 4) is 0 Å². The molecule has 4 nitrogen and oxygen atoms in total. The Labute approximate surface area is 134 Å². The molecule has 1 unspecified atom stereocenters. The van der Waals surface area contributed by atoms with Crippen molar-refractivity contribution in [3.05, 3.63) is 57.0 Å². The topological polar surface area (TPSA) is 68.0 Å². The quantitative estimate of drug-likeness (QED) is 0.908. The second-order valence-electron chi connectivity index (χ2n) is 5.61. The minimum absolute atomic E-state index is 0.0386. The highest BCUT2D eigenvalue weighted by molar-refractivity contribution is 7.13. The molecule has 0 saturated carbocycles. The molecule has 1 atom stereocenters. The highest BCUT2D eigenvalue weighted by Gasteiger charge is 2.17. The van der Waals surface area contributed by atoms with Crippen molar-refractivity contribution in [2.75, 3.05) is 0 Å². The van der Waals surface area contributed by atoms with E-state index in [0.29, 0.717) is 0 Å². The largest absolute Gasteiger partial charge is 0.352 e. The van der Waals surface area contributed by atoms with Gasteiger partial charge in [-0.3, -0.25) is 4.98 Å². The number of pyridine rings is 1. The maximum absolute atomic E-state index is 11.0. The average molecular weight is 313 g/mol. The van der Waals surface area contributed by atoms with Crippen LogP contribution in [0.15, 0.2) is 36.2 Å². The Hall–Kier alpha value is -2.14. The van der Waals surface area contributed by atoms with Crippen molar-refractivity contribution in [1.29, 1.82) is 0 Å². The Bertz CT molecular complexity index is 706. The number of rotatable bonds is 4. The summed E-state index contributed by atoms with van der Waals surface area (Å²) in [4.78, 5) is 17.6. The summed E-state index contributed by atoms with van der Waals surface area (Å²) in [5.41, 5.74) is 9.25. The Kier molecular flexibility index (Phi) is 4.24. The molecule has 0 spiro atoms. The van der Waals surface area contributed by atoms with Crippen LogP contribution in [0.1, 0.15) is 40.3 Å². The normalized spacial score (nSPS) is 14.9. The van der Waals surface area contributed by atoms with E-state index < -0.39 is 6.03 Å². The first-order valence-corrected chi connectivity index (χ1v) is 8.20. The molecule has 0 radical (unpaired) electrons. The fraction of sp³-hybridized carbons (Fsp3) is 0.294. The number of carbonyl (C=O) groups excluding carboxylic acids is 1. The fourth-order valence-corrected chi connectivity index (χ4v) is 3.95. The van der Waals surface area contributed by atoms with E-state index in [2.05, 4.69) is 28.5 Å². The van der Waals surface area contributed by atoms with E-state index in [4.69, 9.17) is 5.73 Å². The summed E-state index contributed by atoms with van der Waals surface area (Å²) in [5, 5.41) is 2.74. The molecule has 2 aromatic heterocycles. The lowest BCUT2D eigenvalue weighted by molar-refractivity contribution is 0.246. The summed E-state index contributed by atoms with van der Waals surface area (Å²) in [6.07, 6.45) is 9.11. The summed E-state index contributed by atoms with van der Waals surface area (Å²) in [6, 6.07) is 5.76. The predicted molar refractivity (Wildman–Crippen MR) is 89.7 cm³/mol. The van der Waals surface area contributed by atoms with Gasteiger partial charge >= 0.3 is 6.03 Å². The molecule has 3 rings (SSSR count). The van der Waals surface area contributed by atoms with Crippen LogP contribution >= 0.6 is 11.3 Å². The third-order valence-electron chi connectivity index (χ3n) is 3.85. The third kappa shape index (κ3) is 3.36. The maximum Gasteiger partial charge on any atom is 0.312 e. The number of fused-ring (bicyclic) bond motifs is 1. The molecular formula is C17H19N3OS. The number of carbonyl (C=O) groups is 1. The summed E-state index contributed by atoms with van der Waals surface area (Å²) in [6.45, 7) is 1.96. The van der Waals surface area contributed by atoms with Gasteiger partial charge in [-0.1, -0.05) is 11.6 Å². The van der Waals surface area contributed by atoms with Crippen LogP contribution in [0.5, 0.6) is 0 Å². The number of primary amides is 1. The molecular weight excluding hydrogens is 294 g/mol. The first kappa shape index (κ1) is 14.8. The van der Waals surface area contributed by atoms with Crippen molar-refractivity contribution in [3.63, 3.8) is 0 Å². The van der Waals surface area contributed by atoms with Crippen LogP contribution in [-0.2, 0) is 12.8 Å². The standard InChI is InChI=1S/C17H19N3OS/c1-11(20-17(18)21)15-9-14-5-4-12(8-16(14)22-15)7-13-3-2-6-19-10-13/h2-3,6,8-11H,4-5,7H2,1H3,(H3,18,20,21). The highest BCUT2D eigenvalue weighted by atomic mass is 32.1. The van der Waals surface area contributed by atoms with Crippen LogP contribution < -0.4 is 11.1 Å². The SMILES string of the molecule is CC(NC(N)=O)c1cc2c(s1)C=C(Cc1cccnc1)CC2. The zero-order valence-corrected chi connectivity index (χ0v) is 13.3. The van der Waals surface area contributed by atoms with E-state index in [1.807, 2.05) is 19.2 Å². The van der Waals surface area contributed by atoms with E-state index >= 15 is 0 Å². The van der Waals surface area contributed by atoms with E-state index in [0.717, 1.165) is 24.1 Å². The summed E-state index contributed by atoms with van der Waals surface area (Å²) in [5.74, 6) is 0. The lowest BCUT2D eigenvalue weighted by Crippen LogP contribution is -2.31. The molecule has 114 valence electrons. The maximum atomic E-state index is 11.0. The van der Waals surface area contributed by atoms with Gasteiger partial charge in [0.2, 0.25) is 0 Å². The molecule has 2 heterocycles. The first-order chi connectivity index (χ1) is 10.6. The Morgan fingerprint density at radius 2 is 2.36 bits per heavy atom. The van der Waals surface area contributed by atoms with Gasteiger partial charge < -0.3 is 11.1 Å². The molecule has 0 saturated heterocycles. The second kappa shape index (κ2) is 6.32. The van der Waals surface area contributed by atoms with Crippen LogP contribution in [0, 0.1) is 0 Å². The van der Waals surface area contributed by atoms with Crippen LogP contribution in [0.2, 0.25) is 0 Å². The molecule has 0 fully saturated rings. The highest BCUT2D eigenvalue weighted by Crippen LogP contribution is 2.34. The van der Waals surface area contributed by atoms with Gasteiger partial charge in [0.1, 0.15) is 0 Å². The number of nitrogens with zero attached hydrogens (tertiary/aromatic N) is 1. The van der Waals surface area contributed by atoms with Crippen LogP contribution in [0.4, 0.5) is 4.79 Å². The van der Waals surface area contributed by atoms with E-state index in [9.17, 15) is 4.79 Å². The number of urea groups is 1. The molecule has 2 aromatic rings. The zero-order valence-electron chi connectivity index (χ0n) is 12.5. The van der Waals surface area contributed by atoms with Gasteiger partial charge in [0.15, 0.2) is 0 Å². The molecule has 0 aliphatic heterocycles. The molecule has 1 aliphatic rings. The smallest absolute Gasteiger partial charge is 0.312 e. The van der Waals surface area contributed by atoms with Gasteiger partial charge in [-0.25, -0.2) is 4.79 Å². The Balaban J connectivity index is 1.77. The number of nitrogens with two attached hydrogens (primary N) is 1. The number of amides is 2. The minimum Gasteiger partial charge on any atom is -0.352 e. The third-order valence-corrected chi connectivity index (χ3v) is 5.16. The monoisotopic (exact) mass is 313 g/mol. The average Bonchev–Trinajstić information content (AvgIpc) is 2.91. The van der Waals surface area contributed by atoms with E-state index in [1.54, 1.807) is 17.5 Å². The van der Waals surface area contributed by atoms with Gasteiger partial charge in [-0.05, 0) is 55.5 Å². The van der Waals surface area contributed by atoms with Gasteiger partial charge in [-0.2, -0.15) is 0 Å². The van der Waals surface area contributed by atoms with Gasteiger partial charge in [0, 0.05) is 22.1 Å². The number of thiophene rings is 1. The molecule has 22 heavy (non-hydrogen) atoms. The molecule has 0 aromatic carbocycles.